The molecule has 0 spiro atoms. The van der Waals surface area contributed by atoms with Crippen molar-refractivity contribution in [2.45, 2.75) is 104 Å². The Morgan fingerprint density at radius 3 is 1.65 bits per heavy atom. The molecular weight excluding hydrogens is 930 g/mol. The monoisotopic (exact) mass is 981 g/mol. The molecule has 2 fully saturated rings. The highest BCUT2D eigenvalue weighted by Gasteiger charge is 2.49. The number of halogens is 2. The lowest BCUT2D eigenvalue weighted by Gasteiger charge is -2.20. The number of H-pyrrole nitrogens is 2. The van der Waals surface area contributed by atoms with Gasteiger partial charge in [0.15, 0.2) is 65.6 Å². The zero-order valence-electron chi connectivity index (χ0n) is 38.4. The Kier molecular flexibility index (Phi) is 17.0. The van der Waals surface area contributed by atoms with Gasteiger partial charge in [-0.3, -0.25) is 53.4 Å². The summed E-state index contributed by atoms with van der Waals surface area (Å²) in [4.78, 5) is 82.2. The second-order valence-corrected chi connectivity index (χ2v) is 17.2. The summed E-state index contributed by atoms with van der Waals surface area (Å²) in [5, 5.41) is 15.1. The van der Waals surface area contributed by atoms with Crippen LogP contribution in [0, 0.1) is 11.8 Å². The van der Waals surface area contributed by atoms with Gasteiger partial charge < -0.3 is 24.1 Å². The number of para-hydroxylation sites is 2. The van der Waals surface area contributed by atoms with Crippen molar-refractivity contribution >= 4 is 60.2 Å². The number of hydrogen-bond acceptors (Lipinski definition) is 16. The van der Waals surface area contributed by atoms with Crippen molar-refractivity contribution < 1.29 is 56.3 Å². The molecule has 8 rings (SSSR count). The van der Waals surface area contributed by atoms with E-state index < -0.39 is 74.5 Å². The minimum Gasteiger partial charge on any atom is -0.423 e. The van der Waals surface area contributed by atoms with Gasteiger partial charge in [0.1, 0.15) is 11.9 Å². The molecule has 368 valence electrons. The molecule has 9 atom stereocenters. The van der Waals surface area contributed by atoms with Gasteiger partial charge in [-0.25, -0.2) is 23.5 Å². The van der Waals surface area contributed by atoms with Gasteiger partial charge in [0.05, 0.1) is 24.9 Å². The first-order chi connectivity index (χ1) is 32.9. The molecule has 4 aromatic heterocycles. The number of aromatic amines is 2. The normalized spacial score (nSPS) is 22.1. The highest BCUT2D eigenvalue weighted by molar-refractivity contribution is 7.38. The highest BCUT2D eigenvalue weighted by atomic mass is 31.1. The lowest BCUT2D eigenvalue weighted by molar-refractivity contribution is -0.119. The first kappa shape index (κ1) is 51.4. The number of fused-ring (bicyclic) bond motifs is 2. The number of nitrogens with zero attached hydrogens (tertiary/aromatic N) is 6. The van der Waals surface area contributed by atoms with Crippen LogP contribution < -0.4 is 31.0 Å². The Balaban J connectivity index is 0.000000195. The van der Waals surface area contributed by atoms with Crippen LogP contribution in [0.1, 0.15) is 66.8 Å². The molecule has 0 aliphatic carbocycles. The highest BCUT2D eigenvalue weighted by Crippen LogP contribution is 2.37. The summed E-state index contributed by atoms with van der Waals surface area (Å²) >= 11 is 0. The smallest absolute Gasteiger partial charge is 0.423 e. The Morgan fingerprint density at radius 1 is 0.754 bits per heavy atom. The van der Waals surface area contributed by atoms with Crippen molar-refractivity contribution in [2.24, 2.45) is 11.8 Å². The predicted molar refractivity (Wildman–Crippen MR) is 245 cm³/mol. The van der Waals surface area contributed by atoms with Crippen molar-refractivity contribution in [1.82, 2.24) is 39.0 Å². The van der Waals surface area contributed by atoms with Crippen molar-refractivity contribution in [3.63, 3.8) is 0 Å². The van der Waals surface area contributed by atoms with Gasteiger partial charge in [-0.1, -0.05) is 77.9 Å². The Hall–Kier alpha value is -7.01. The van der Waals surface area contributed by atoms with Crippen LogP contribution in [-0.4, -0.2) is 106 Å². The summed E-state index contributed by atoms with van der Waals surface area (Å²) in [5.41, 5.74) is -1.08. The van der Waals surface area contributed by atoms with E-state index in [1.807, 2.05) is 18.2 Å². The third-order valence-electron chi connectivity index (χ3n) is 10.5. The van der Waals surface area contributed by atoms with E-state index in [9.17, 15) is 38.0 Å². The van der Waals surface area contributed by atoms with Gasteiger partial charge >= 0.3 is 14.2 Å². The number of aliphatic hydroxyl groups is 1. The summed E-state index contributed by atoms with van der Waals surface area (Å²) in [6.07, 6.45) is -7.76. The van der Waals surface area contributed by atoms with Crippen LogP contribution in [0.15, 0.2) is 82.9 Å². The van der Waals surface area contributed by atoms with Gasteiger partial charge in [0.2, 0.25) is 23.7 Å². The number of ether oxygens (including phenoxy) is 4. The Morgan fingerprint density at radius 2 is 1.20 bits per heavy atom. The lowest BCUT2D eigenvalue weighted by atomic mass is 10.1. The van der Waals surface area contributed by atoms with E-state index in [1.54, 1.807) is 84.0 Å². The number of alkyl halides is 2. The number of amides is 2. The number of benzene rings is 2. The zero-order valence-corrected chi connectivity index (χ0v) is 39.3. The van der Waals surface area contributed by atoms with Crippen LogP contribution in [-0.2, 0) is 28.4 Å². The van der Waals surface area contributed by atoms with E-state index in [0.717, 1.165) is 0 Å². The number of carbonyl (C=O) groups is 3. The minimum atomic E-state index is -1.67. The molecule has 0 radical (unpaired) electrons. The van der Waals surface area contributed by atoms with E-state index in [-0.39, 0.29) is 63.6 Å². The fourth-order valence-corrected chi connectivity index (χ4v) is 7.27. The fourth-order valence-electron chi connectivity index (χ4n) is 6.85. The van der Waals surface area contributed by atoms with Gasteiger partial charge in [-0.2, -0.15) is 9.97 Å². The molecule has 22 nitrogen and oxygen atoms in total. The number of hydrogen-bond donors (Lipinski definition) is 5. The molecule has 6 heterocycles. The van der Waals surface area contributed by atoms with Crippen molar-refractivity contribution in [3.8, 4) is 11.5 Å². The molecule has 69 heavy (non-hydrogen) atoms. The standard InChI is InChI=1S/C22H24FN5O6.C15H20FN5O4.C7H8O2P/c1-4-13-14(23)16(34-22(31)32-12-8-6-5-7-9-12)20(33-13)28-10-24-15-17(28)25-21(27-19(15)30)26-18(29)11(2)3;1-4-7-8(16)10(22)14(25-7)21-5-17-9-11(21)18-15(20-13(9)24)19-12(23)6(2)3;1-10(8)9-7-5-3-2-4-6-7/h5-11,13-14,16,20H,4H2,1-3H3,(H2,25,26,27,29,30);5-8,10,14,22H,4H2,1-3H3,(H2,18,19,20,23,24);2-6H,1H3/q;;+1/t13-,14-,16-,20-;7-,8-,10-,14-;/m11./s1. The average molecular weight is 982 g/mol. The average Bonchev–Trinajstić information content (AvgIpc) is 4.08. The first-order valence-corrected chi connectivity index (χ1v) is 23.4. The zero-order chi connectivity index (χ0) is 50.1. The molecule has 2 aliphatic heterocycles. The molecular formula is C44H52F2N10O12P+. The fraction of sp³-hybridized carbons (Fsp3) is 0.432. The Labute approximate surface area is 393 Å². The summed E-state index contributed by atoms with van der Waals surface area (Å²) in [7, 11) is -1.53. The maximum atomic E-state index is 15.2. The number of rotatable bonds is 12. The number of nitrogens with one attached hydrogen (secondary N) is 4. The minimum absolute atomic E-state index is 0.00806. The molecule has 0 bridgehead atoms. The molecule has 2 saturated heterocycles. The summed E-state index contributed by atoms with van der Waals surface area (Å²) in [6, 6.07) is 17.3. The predicted octanol–water partition coefficient (Wildman–Crippen LogP) is 6.10. The second kappa shape index (κ2) is 22.9. The molecule has 2 amide bonds. The quantitative estimate of drug-likeness (QED) is 0.0526. The molecule has 25 heteroatoms. The van der Waals surface area contributed by atoms with Crippen LogP contribution in [0.25, 0.3) is 22.3 Å². The van der Waals surface area contributed by atoms with Crippen LogP contribution in [0.3, 0.4) is 0 Å². The molecule has 6 aromatic rings. The Bertz CT molecular complexity index is 2860. The summed E-state index contributed by atoms with van der Waals surface area (Å²) < 4.78 is 69.1. The second-order valence-electron chi connectivity index (χ2n) is 16.2. The van der Waals surface area contributed by atoms with E-state index in [4.69, 9.17) is 23.5 Å². The largest absolute Gasteiger partial charge is 0.552 e. The van der Waals surface area contributed by atoms with E-state index in [0.29, 0.717) is 18.6 Å². The number of aromatic nitrogens is 8. The van der Waals surface area contributed by atoms with E-state index in [1.165, 1.54) is 28.5 Å². The molecule has 5 N–H and O–H groups in total. The molecule has 2 aromatic carbocycles. The topological polar surface area (TPSA) is 286 Å². The molecule has 0 saturated carbocycles. The van der Waals surface area contributed by atoms with Crippen molar-refractivity contribution in [2.75, 3.05) is 17.3 Å². The van der Waals surface area contributed by atoms with Gasteiger partial charge in [-0.15, -0.1) is 0 Å². The van der Waals surface area contributed by atoms with Crippen LogP contribution in [0.2, 0.25) is 0 Å². The maximum absolute atomic E-state index is 15.2. The summed E-state index contributed by atoms with van der Waals surface area (Å²) in [5.74, 6) is -0.581. The maximum Gasteiger partial charge on any atom is 0.552 e. The van der Waals surface area contributed by atoms with Crippen LogP contribution in [0.4, 0.5) is 25.5 Å². The van der Waals surface area contributed by atoms with Gasteiger partial charge in [0, 0.05) is 11.8 Å². The number of anilines is 2. The van der Waals surface area contributed by atoms with Crippen molar-refractivity contribution in [1.29, 1.82) is 0 Å². The molecule has 1 unspecified atom stereocenters. The summed E-state index contributed by atoms with van der Waals surface area (Å²) in [6.45, 7) is 11.8. The number of carbonyl (C=O) groups excluding carboxylic acids is 3. The third-order valence-corrected chi connectivity index (χ3v) is 10.9. The number of aliphatic hydroxyl groups excluding tert-OH is 1. The van der Waals surface area contributed by atoms with Gasteiger partial charge in [-0.05, 0) is 41.7 Å². The number of imidazole rings is 2. The van der Waals surface area contributed by atoms with Crippen LogP contribution >= 0.6 is 8.03 Å². The van der Waals surface area contributed by atoms with E-state index >= 15 is 4.39 Å². The van der Waals surface area contributed by atoms with Crippen LogP contribution in [0.5, 0.6) is 11.5 Å². The van der Waals surface area contributed by atoms with Gasteiger partial charge in [0.25, 0.3) is 11.1 Å². The van der Waals surface area contributed by atoms with E-state index in [2.05, 4.69) is 40.5 Å². The SMILES string of the molecule is CC[C@H]1O[C@@H](n2cnc3c(=O)[nH]c(NC(=O)C(C)C)nc32)[C@H](O)[C@@H]1F.CC[C@H]1O[C@@H](n2cnc3c(=O)[nH]c(NC(=O)C(C)C)nc32)[C@H](OC(=O)Oc2ccccc2)[C@@H]1F.C[P+](=O)Oc1ccccc1. The first-order valence-electron chi connectivity index (χ1n) is 21.8. The molecule has 2 aliphatic rings. The lowest BCUT2D eigenvalue weighted by Crippen LogP contribution is -2.34. The van der Waals surface area contributed by atoms with Crippen molar-refractivity contribution in [3.05, 3.63) is 94.0 Å². The third kappa shape index (κ3) is 12.4.